The molecule has 1 heterocycles. The fourth-order valence-electron chi connectivity index (χ4n) is 3.27. The molecule has 0 spiro atoms. The first-order valence-electron chi connectivity index (χ1n) is 8.88. The van der Waals surface area contributed by atoms with E-state index in [1.165, 1.54) is 38.2 Å². The van der Waals surface area contributed by atoms with Crippen LogP contribution in [0.5, 0.6) is 5.75 Å². The van der Waals surface area contributed by atoms with Crippen molar-refractivity contribution >= 4 is 21.5 Å². The minimum atomic E-state index is -3.70. The van der Waals surface area contributed by atoms with Gasteiger partial charge in [-0.3, -0.25) is 4.72 Å². The number of aryl methyl sites for hydroxylation is 1. The summed E-state index contributed by atoms with van der Waals surface area (Å²) >= 11 is 0. The summed E-state index contributed by atoms with van der Waals surface area (Å²) in [6, 6.07) is 8.89. The Bertz CT molecular complexity index is 845. The van der Waals surface area contributed by atoms with Gasteiger partial charge in [0.25, 0.3) is 10.0 Å². The molecule has 7 heteroatoms. The predicted molar refractivity (Wildman–Crippen MR) is 103 cm³/mol. The molecule has 2 N–H and O–H groups in total. The zero-order valence-electron chi connectivity index (χ0n) is 15.2. The molecule has 140 valence electrons. The van der Waals surface area contributed by atoms with Crippen LogP contribution in [-0.2, 0) is 10.0 Å². The van der Waals surface area contributed by atoms with Gasteiger partial charge >= 0.3 is 0 Å². The monoisotopic (exact) mass is 375 g/mol. The lowest BCUT2D eigenvalue weighted by Gasteiger charge is -2.23. The van der Waals surface area contributed by atoms with Crippen molar-refractivity contribution in [2.75, 3.05) is 17.1 Å². The molecule has 0 saturated heterocycles. The van der Waals surface area contributed by atoms with Crippen LogP contribution in [0.3, 0.4) is 0 Å². The number of hydrogen-bond donors (Lipinski definition) is 2. The van der Waals surface area contributed by atoms with Gasteiger partial charge in [-0.1, -0.05) is 19.3 Å². The molecule has 1 saturated carbocycles. The van der Waals surface area contributed by atoms with Gasteiger partial charge in [-0.15, -0.1) is 0 Å². The molecule has 1 aliphatic rings. The van der Waals surface area contributed by atoms with Crippen LogP contribution in [0.4, 0.5) is 11.5 Å². The molecule has 6 nitrogen and oxygen atoms in total. The third kappa shape index (κ3) is 4.46. The summed E-state index contributed by atoms with van der Waals surface area (Å²) in [4.78, 5) is 4.45. The van der Waals surface area contributed by atoms with Crippen molar-refractivity contribution in [1.82, 2.24) is 4.98 Å². The molecule has 0 atom stereocenters. The maximum Gasteiger partial charge on any atom is 0.263 e. The highest BCUT2D eigenvalue weighted by Crippen LogP contribution is 2.24. The molecule has 0 unspecified atom stereocenters. The second-order valence-electron chi connectivity index (χ2n) is 6.65. The first-order valence-corrected chi connectivity index (χ1v) is 10.4. The fraction of sp³-hybridized carbons (Fsp3) is 0.421. The number of anilines is 2. The Balaban J connectivity index is 1.69. The summed E-state index contributed by atoms with van der Waals surface area (Å²) < 4.78 is 32.9. The fourth-order valence-corrected chi connectivity index (χ4v) is 4.50. The lowest BCUT2D eigenvalue weighted by molar-refractivity contribution is 0.414. The number of pyridine rings is 1. The van der Waals surface area contributed by atoms with E-state index in [0.29, 0.717) is 23.2 Å². The molecular formula is C19H25N3O3S. The van der Waals surface area contributed by atoms with Crippen molar-refractivity contribution in [2.24, 2.45) is 0 Å². The minimum Gasteiger partial charge on any atom is -0.497 e. The Kier molecular flexibility index (Phi) is 5.66. The van der Waals surface area contributed by atoms with Crippen LogP contribution >= 0.6 is 0 Å². The van der Waals surface area contributed by atoms with Crippen LogP contribution in [-0.4, -0.2) is 26.6 Å². The maximum atomic E-state index is 12.6. The second kappa shape index (κ2) is 7.95. The lowest BCUT2D eigenvalue weighted by atomic mass is 9.95. The van der Waals surface area contributed by atoms with E-state index in [9.17, 15) is 8.42 Å². The van der Waals surface area contributed by atoms with Gasteiger partial charge in [-0.2, -0.15) is 0 Å². The van der Waals surface area contributed by atoms with Gasteiger partial charge in [0, 0.05) is 6.04 Å². The Labute approximate surface area is 155 Å². The van der Waals surface area contributed by atoms with Crippen LogP contribution in [0.25, 0.3) is 0 Å². The number of ether oxygens (including phenoxy) is 1. The normalized spacial score (nSPS) is 15.5. The van der Waals surface area contributed by atoms with E-state index in [0.717, 1.165) is 5.69 Å². The van der Waals surface area contributed by atoms with Gasteiger partial charge < -0.3 is 10.1 Å². The molecule has 0 radical (unpaired) electrons. The summed E-state index contributed by atoms with van der Waals surface area (Å²) in [6.07, 6.45) is 7.83. The zero-order valence-corrected chi connectivity index (χ0v) is 16.0. The second-order valence-corrected chi connectivity index (χ2v) is 8.30. The van der Waals surface area contributed by atoms with E-state index >= 15 is 0 Å². The third-order valence-electron chi connectivity index (χ3n) is 4.65. The van der Waals surface area contributed by atoms with E-state index in [4.69, 9.17) is 4.74 Å². The third-order valence-corrected chi connectivity index (χ3v) is 6.16. The van der Waals surface area contributed by atoms with Gasteiger partial charge in [-0.05, 0) is 55.7 Å². The smallest absolute Gasteiger partial charge is 0.263 e. The number of sulfonamides is 1. The van der Waals surface area contributed by atoms with Crippen molar-refractivity contribution in [3.63, 3.8) is 0 Å². The summed E-state index contributed by atoms with van der Waals surface area (Å²) in [5, 5.41) is 3.47. The molecule has 1 aromatic carbocycles. The molecule has 2 aromatic rings. The van der Waals surface area contributed by atoms with Crippen LogP contribution in [0.15, 0.2) is 41.4 Å². The lowest BCUT2D eigenvalue weighted by Crippen LogP contribution is -2.22. The van der Waals surface area contributed by atoms with Gasteiger partial charge in [0.05, 0.1) is 23.9 Å². The molecule has 1 fully saturated rings. The van der Waals surface area contributed by atoms with E-state index in [1.54, 1.807) is 38.4 Å². The van der Waals surface area contributed by atoms with Crippen molar-refractivity contribution in [1.29, 1.82) is 0 Å². The standard InChI is InChI=1S/C19H25N3O3S/c1-14-12-17(25-2)9-10-18(14)26(23,24)22-19-11-8-16(13-20-19)21-15-6-4-3-5-7-15/h8-13,15,21H,3-7H2,1-2H3,(H,20,22). The van der Waals surface area contributed by atoms with E-state index in [1.807, 2.05) is 6.07 Å². The van der Waals surface area contributed by atoms with Gasteiger partial charge in [0.2, 0.25) is 0 Å². The van der Waals surface area contributed by atoms with Gasteiger partial charge in [-0.25, -0.2) is 13.4 Å². The van der Waals surface area contributed by atoms with Crippen molar-refractivity contribution in [3.8, 4) is 5.75 Å². The largest absolute Gasteiger partial charge is 0.497 e. The molecule has 0 aliphatic heterocycles. The number of rotatable bonds is 6. The molecule has 26 heavy (non-hydrogen) atoms. The molecule has 0 bridgehead atoms. The zero-order chi connectivity index (χ0) is 18.6. The Morgan fingerprint density at radius 3 is 2.50 bits per heavy atom. The average Bonchev–Trinajstić information content (AvgIpc) is 2.63. The predicted octanol–water partition coefficient (Wildman–Crippen LogP) is 3.94. The van der Waals surface area contributed by atoms with Crippen molar-refractivity contribution in [3.05, 3.63) is 42.1 Å². The van der Waals surface area contributed by atoms with Crippen LogP contribution in [0, 0.1) is 6.92 Å². The van der Waals surface area contributed by atoms with Crippen LogP contribution < -0.4 is 14.8 Å². The molecule has 1 aliphatic carbocycles. The molecular weight excluding hydrogens is 350 g/mol. The van der Waals surface area contributed by atoms with Crippen molar-refractivity contribution in [2.45, 2.75) is 50.0 Å². The highest BCUT2D eigenvalue weighted by molar-refractivity contribution is 7.92. The summed E-state index contributed by atoms with van der Waals surface area (Å²) in [5.41, 5.74) is 1.54. The summed E-state index contributed by atoms with van der Waals surface area (Å²) in [7, 11) is -2.15. The first-order chi connectivity index (χ1) is 12.5. The van der Waals surface area contributed by atoms with Crippen molar-refractivity contribution < 1.29 is 13.2 Å². The highest BCUT2D eigenvalue weighted by atomic mass is 32.2. The van der Waals surface area contributed by atoms with E-state index in [2.05, 4.69) is 15.0 Å². The number of methoxy groups -OCH3 is 1. The van der Waals surface area contributed by atoms with E-state index < -0.39 is 10.0 Å². The number of aromatic nitrogens is 1. The van der Waals surface area contributed by atoms with Crippen LogP contribution in [0.2, 0.25) is 0 Å². The molecule has 0 amide bonds. The van der Waals surface area contributed by atoms with E-state index in [-0.39, 0.29) is 4.90 Å². The average molecular weight is 375 g/mol. The Morgan fingerprint density at radius 2 is 1.88 bits per heavy atom. The van der Waals surface area contributed by atoms with Gasteiger partial charge in [0.15, 0.2) is 0 Å². The molecule has 1 aromatic heterocycles. The summed E-state index contributed by atoms with van der Waals surface area (Å²) in [6.45, 7) is 1.74. The number of nitrogens with one attached hydrogen (secondary N) is 2. The van der Waals surface area contributed by atoms with Gasteiger partial charge in [0.1, 0.15) is 11.6 Å². The first kappa shape index (κ1) is 18.5. The number of nitrogens with zero attached hydrogens (tertiary/aromatic N) is 1. The Morgan fingerprint density at radius 1 is 1.12 bits per heavy atom. The molecule has 3 rings (SSSR count). The quantitative estimate of drug-likeness (QED) is 0.799. The number of benzene rings is 1. The maximum absolute atomic E-state index is 12.6. The summed E-state index contributed by atoms with van der Waals surface area (Å²) in [5.74, 6) is 0.923. The number of hydrogen-bond acceptors (Lipinski definition) is 5. The SMILES string of the molecule is COc1ccc(S(=O)(=O)Nc2ccc(NC3CCCCC3)cn2)c(C)c1. The van der Waals surface area contributed by atoms with Crippen LogP contribution in [0.1, 0.15) is 37.7 Å². The highest BCUT2D eigenvalue weighted by Gasteiger charge is 2.18. The topological polar surface area (TPSA) is 80.3 Å². The minimum absolute atomic E-state index is 0.213. The Hall–Kier alpha value is -2.28.